The number of halogens is 1. The van der Waals surface area contributed by atoms with Crippen molar-refractivity contribution in [2.24, 2.45) is 0 Å². The molecular weight excluding hydrogens is 388 g/mol. The number of carbonyl (C=O) groups excluding carboxylic acids is 2. The predicted molar refractivity (Wildman–Crippen MR) is 101 cm³/mol. The largest absolute Gasteiger partial charge is 0.467 e. The van der Waals surface area contributed by atoms with E-state index in [1.807, 2.05) is 18.2 Å². The molecule has 6 nitrogen and oxygen atoms in total. The SMILES string of the molecule is O=C(COC(=O)c1cccnc1Sc1ccccc1Cl)NCc1ccco1. The van der Waals surface area contributed by atoms with Crippen LogP contribution < -0.4 is 5.32 Å². The van der Waals surface area contributed by atoms with Crippen LogP contribution in [-0.2, 0) is 16.1 Å². The fourth-order valence-electron chi connectivity index (χ4n) is 2.12. The van der Waals surface area contributed by atoms with Gasteiger partial charge in [0, 0.05) is 11.1 Å². The highest BCUT2D eigenvalue weighted by molar-refractivity contribution is 7.99. The van der Waals surface area contributed by atoms with Crippen LogP contribution in [0, 0.1) is 0 Å². The quantitative estimate of drug-likeness (QED) is 0.602. The Hall–Kier alpha value is -2.77. The number of benzene rings is 1. The third-order valence-corrected chi connectivity index (χ3v) is 4.94. The Balaban J connectivity index is 1.60. The number of pyridine rings is 1. The minimum Gasteiger partial charge on any atom is -0.467 e. The Bertz CT molecular complexity index is 931. The zero-order valence-corrected chi connectivity index (χ0v) is 15.6. The molecule has 0 spiro atoms. The van der Waals surface area contributed by atoms with Gasteiger partial charge in [0.05, 0.1) is 23.4 Å². The van der Waals surface area contributed by atoms with Crippen LogP contribution in [0.5, 0.6) is 0 Å². The molecule has 138 valence electrons. The molecule has 0 aliphatic rings. The summed E-state index contributed by atoms with van der Waals surface area (Å²) in [5, 5.41) is 3.62. The van der Waals surface area contributed by atoms with Gasteiger partial charge in [0.25, 0.3) is 5.91 Å². The number of amides is 1. The Morgan fingerprint density at radius 2 is 2.00 bits per heavy atom. The van der Waals surface area contributed by atoms with Crippen LogP contribution in [0.4, 0.5) is 0 Å². The Morgan fingerprint density at radius 3 is 2.78 bits per heavy atom. The summed E-state index contributed by atoms with van der Waals surface area (Å²) in [6.07, 6.45) is 3.09. The number of nitrogens with zero attached hydrogens (tertiary/aromatic N) is 1. The van der Waals surface area contributed by atoms with E-state index in [9.17, 15) is 9.59 Å². The fraction of sp³-hybridized carbons (Fsp3) is 0.105. The summed E-state index contributed by atoms with van der Waals surface area (Å²) in [5.74, 6) is -0.449. The second kappa shape index (κ2) is 9.25. The average Bonchev–Trinajstić information content (AvgIpc) is 3.20. The van der Waals surface area contributed by atoms with Crippen LogP contribution in [0.2, 0.25) is 5.02 Å². The maximum Gasteiger partial charge on any atom is 0.341 e. The molecule has 0 fully saturated rings. The van der Waals surface area contributed by atoms with Crippen LogP contribution in [-0.4, -0.2) is 23.5 Å². The van der Waals surface area contributed by atoms with E-state index in [0.29, 0.717) is 15.8 Å². The zero-order chi connectivity index (χ0) is 19.1. The molecule has 0 saturated carbocycles. The number of nitrogens with one attached hydrogen (secondary N) is 1. The van der Waals surface area contributed by atoms with Crippen molar-refractivity contribution in [3.63, 3.8) is 0 Å². The smallest absolute Gasteiger partial charge is 0.341 e. The Labute approximate surface area is 164 Å². The maximum atomic E-state index is 12.4. The van der Waals surface area contributed by atoms with E-state index in [2.05, 4.69) is 10.3 Å². The third kappa shape index (κ3) is 5.35. The van der Waals surface area contributed by atoms with Crippen LogP contribution in [0.1, 0.15) is 16.1 Å². The van der Waals surface area contributed by atoms with E-state index in [1.165, 1.54) is 18.0 Å². The molecule has 2 heterocycles. The van der Waals surface area contributed by atoms with Crippen molar-refractivity contribution in [2.75, 3.05) is 6.61 Å². The lowest BCUT2D eigenvalue weighted by Gasteiger charge is -2.09. The van der Waals surface area contributed by atoms with Crippen molar-refractivity contribution < 1.29 is 18.7 Å². The van der Waals surface area contributed by atoms with Gasteiger partial charge in [-0.05, 0) is 36.4 Å². The number of hydrogen-bond acceptors (Lipinski definition) is 6. The first-order valence-corrected chi connectivity index (χ1v) is 9.16. The second-order valence-electron chi connectivity index (χ2n) is 5.32. The lowest BCUT2D eigenvalue weighted by atomic mass is 10.3. The first-order chi connectivity index (χ1) is 13.1. The monoisotopic (exact) mass is 402 g/mol. The van der Waals surface area contributed by atoms with Crippen molar-refractivity contribution in [3.8, 4) is 0 Å². The topological polar surface area (TPSA) is 81.4 Å². The molecule has 8 heteroatoms. The van der Waals surface area contributed by atoms with Gasteiger partial charge in [-0.3, -0.25) is 4.79 Å². The molecule has 0 bridgehead atoms. The minimum atomic E-state index is -0.634. The maximum absolute atomic E-state index is 12.4. The minimum absolute atomic E-state index is 0.226. The molecule has 0 aliphatic heterocycles. The lowest BCUT2D eigenvalue weighted by Crippen LogP contribution is -2.28. The van der Waals surface area contributed by atoms with Gasteiger partial charge in [0.1, 0.15) is 10.8 Å². The van der Waals surface area contributed by atoms with Gasteiger partial charge in [0.2, 0.25) is 0 Å². The molecule has 1 N–H and O–H groups in total. The highest BCUT2D eigenvalue weighted by atomic mass is 35.5. The molecule has 27 heavy (non-hydrogen) atoms. The first kappa shape index (κ1) is 19.0. The van der Waals surface area contributed by atoms with E-state index >= 15 is 0 Å². The highest BCUT2D eigenvalue weighted by Crippen LogP contribution is 2.33. The van der Waals surface area contributed by atoms with Crippen molar-refractivity contribution in [2.45, 2.75) is 16.5 Å². The van der Waals surface area contributed by atoms with E-state index < -0.39 is 18.5 Å². The van der Waals surface area contributed by atoms with Crippen LogP contribution in [0.3, 0.4) is 0 Å². The average molecular weight is 403 g/mol. The summed E-state index contributed by atoms with van der Waals surface area (Å²) in [7, 11) is 0. The fourth-order valence-corrected chi connectivity index (χ4v) is 3.26. The number of aromatic nitrogens is 1. The number of hydrogen-bond donors (Lipinski definition) is 1. The number of rotatable bonds is 7. The number of ether oxygens (including phenoxy) is 1. The summed E-state index contributed by atoms with van der Waals surface area (Å²) in [5.41, 5.74) is 0.265. The molecule has 1 aromatic carbocycles. The highest BCUT2D eigenvalue weighted by Gasteiger charge is 2.17. The summed E-state index contributed by atoms with van der Waals surface area (Å²) in [6, 6.07) is 13.9. The van der Waals surface area contributed by atoms with Crippen LogP contribution in [0.15, 0.2) is 75.3 Å². The molecule has 3 rings (SSSR count). The molecule has 0 saturated heterocycles. The zero-order valence-electron chi connectivity index (χ0n) is 14.1. The molecular formula is C19H15ClN2O4S. The second-order valence-corrected chi connectivity index (χ2v) is 6.76. The van der Waals surface area contributed by atoms with Crippen molar-refractivity contribution >= 4 is 35.2 Å². The number of furan rings is 1. The van der Waals surface area contributed by atoms with Crippen LogP contribution >= 0.6 is 23.4 Å². The summed E-state index contributed by atoms with van der Waals surface area (Å²) < 4.78 is 10.2. The van der Waals surface area contributed by atoms with Gasteiger partial charge in [-0.25, -0.2) is 9.78 Å². The third-order valence-electron chi connectivity index (χ3n) is 3.41. The van der Waals surface area contributed by atoms with Crippen molar-refractivity contribution in [3.05, 3.63) is 77.3 Å². The van der Waals surface area contributed by atoms with E-state index in [4.69, 9.17) is 20.8 Å². The van der Waals surface area contributed by atoms with E-state index in [0.717, 1.165) is 4.90 Å². The lowest BCUT2D eigenvalue weighted by molar-refractivity contribution is -0.124. The Kier molecular flexibility index (Phi) is 6.51. The Morgan fingerprint density at radius 1 is 1.15 bits per heavy atom. The molecule has 2 aromatic heterocycles. The van der Waals surface area contributed by atoms with Gasteiger partial charge in [-0.2, -0.15) is 0 Å². The molecule has 0 radical (unpaired) electrons. The number of carbonyl (C=O) groups is 2. The number of esters is 1. The summed E-state index contributed by atoms with van der Waals surface area (Å²) in [6.45, 7) is -0.172. The summed E-state index contributed by atoms with van der Waals surface area (Å²) in [4.78, 5) is 29.2. The predicted octanol–water partition coefficient (Wildman–Crippen LogP) is 3.95. The molecule has 0 aliphatic carbocycles. The van der Waals surface area contributed by atoms with Gasteiger partial charge >= 0.3 is 5.97 Å². The first-order valence-electron chi connectivity index (χ1n) is 7.97. The molecule has 3 aromatic rings. The van der Waals surface area contributed by atoms with E-state index in [1.54, 1.807) is 36.5 Å². The molecule has 0 atom stereocenters. The van der Waals surface area contributed by atoms with Crippen LogP contribution in [0.25, 0.3) is 0 Å². The van der Waals surface area contributed by atoms with Gasteiger partial charge in [-0.1, -0.05) is 35.5 Å². The summed E-state index contributed by atoms with van der Waals surface area (Å²) >= 11 is 7.42. The van der Waals surface area contributed by atoms with Gasteiger partial charge in [0.15, 0.2) is 6.61 Å². The molecule has 1 amide bonds. The van der Waals surface area contributed by atoms with E-state index in [-0.39, 0.29) is 12.1 Å². The normalized spacial score (nSPS) is 10.4. The van der Waals surface area contributed by atoms with Crippen molar-refractivity contribution in [1.29, 1.82) is 0 Å². The van der Waals surface area contributed by atoms with Crippen molar-refractivity contribution in [1.82, 2.24) is 10.3 Å². The molecule has 0 unspecified atom stereocenters. The standard InChI is InChI=1S/C19H15ClN2O4S/c20-15-7-1-2-8-16(15)27-18-14(6-3-9-21-18)19(24)26-12-17(23)22-11-13-5-4-10-25-13/h1-10H,11-12H2,(H,22,23). The van der Waals surface area contributed by atoms with Gasteiger partial charge < -0.3 is 14.5 Å². The van der Waals surface area contributed by atoms with Gasteiger partial charge in [-0.15, -0.1) is 0 Å².